The maximum Gasteiger partial charge on any atom is 0.303 e. The molecule has 0 aliphatic heterocycles. The smallest absolute Gasteiger partial charge is 0.303 e. The van der Waals surface area contributed by atoms with Crippen molar-refractivity contribution in [3.63, 3.8) is 0 Å². The highest BCUT2D eigenvalue weighted by molar-refractivity contribution is 5.66. The molecule has 0 aromatic rings. The van der Waals surface area contributed by atoms with E-state index in [-0.39, 0.29) is 18.9 Å². The fraction of sp³-hybridized carbons (Fsp3) is 0.833. The number of aliphatic hydroxyl groups is 2. The first-order valence-electron chi connectivity index (χ1n) is 3.44. The van der Waals surface area contributed by atoms with Gasteiger partial charge in [-0.2, -0.15) is 0 Å². The second kappa shape index (κ2) is 30.2. The number of carboxylic acid groups (broad SMARTS) is 1. The van der Waals surface area contributed by atoms with Crippen molar-refractivity contribution in [2.45, 2.75) is 19.8 Å². The Morgan fingerprint density at radius 3 is 1.46 bits per heavy atom. The Morgan fingerprint density at radius 1 is 1.23 bits per heavy atom. The van der Waals surface area contributed by atoms with Gasteiger partial charge in [-0.25, -0.2) is 0 Å². The van der Waals surface area contributed by atoms with Crippen LogP contribution < -0.4 is 11.5 Å². The molecule has 0 amide bonds. The van der Waals surface area contributed by atoms with E-state index in [4.69, 9.17) is 15.3 Å². The van der Waals surface area contributed by atoms with E-state index < -0.39 is 5.97 Å². The molecule has 84 valence electrons. The van der Waals surface area contributed by atoms with E-state index in [0.29, 0.717) is 6.42 Å². The molecule has 0 aromatic carbocycles. The third-order valence-electron chi connectivity index (χ3n) is 0.464. The third kappa shape index (κ3) is 188. The molecule has 0 atom stereocenters. The summed E-state index contributed by atoms with van der Waals surface area (Å²) in [4.78, 5) is 9.60. The number of nitrogens with two attached hydrogens (primary N) is 2. The molecule has 0 radical (unpaired) electrons. The molecule has 13 heavy (non-hydrogen) atoms. The molecule has 7 nitrogen and oxygen atoms in total. The summed E-state index contributed by atoms with van der Waals surface area (Å²) >= 11 is 0. The van der Waals surface area contributed by atoms with Crippen LogP contribution in [0.2, 0.25) is 0 Å². The van der Waals surface area contributed by atoms with Crippen LogP contribution in [0.1, 0.15) is 19.8 Å². The standard InChI is InChI=1S/C4H8O2.2CH5NO.H2O/c1-2-3-4(5)6;2*2-1-3;/h2-3H2,1H3,(H,5,6);2*3H,1-2H2;1H2. The zero-order valence-electron chi connectivity index (χ0n) is 7.73. The number of hydrogen-bond acceptors (Lipinski definition) is 5. The highest BCUT2D eigenvalue weighted by atomic mass is 16.4. The van der Waals surface area contributed by atoms with Gasteiger partial charge in [0, 0.05) is 6.42 Å². The van der Waals surface area contributed by atoms with Crippen molar-refractivity contribution < 1.29 is 25.6 Å². The molecule has 0 heterocycles. The van der Waals surface area contributed by atoms with Gasteiger partial charge in [-0.3, -0.25) is 4.79 Å². The molecule has 0 bridgehead atoms. The molecule has 0 spiro atoms. The van der Waals surface area contributed by atoms with Gasteiger partial charge in [0.25, 0.3) is 0 Å². The average molecular weight is 200 g/mol. The third-order valence-corrected chi connectivity index (χ3v) is 0.464. The monoisotopic (exact) mass is 200 g/mol. The first-order chi connectivity index (χ1) is 5.60. The van der Waals surface area contributed by atoms with Crippen molar-refractivity contribution in [3.8, 4) is 0 Å². The van der Waals surface area contributed by atoms with Gasteiger partial charge < -0.3 is 32.3 Å². The van der Waals surface area contributed by atoms with E-state index in [1.807, 2.05) is 6.92 Å². The molecule has 0 fully saturated rings. The van der Waals surface area contributed by atoms with Crippen LogP contribution in [-0.2, 0) is 4.79 Å². The van der Waals surface area contributed by atoms with Crippen LogP contribution in [0.5, 0.6) is 0 Å². The molecular weight excluding hydrogens is 180 g/mol. The predicted molar refractivity (Wildman–Crippen MR) is 48.7 cm³/mol. The second-order valence-corrected chi connectivity index (χ2v) is 1.51. The van der Waals surface area contributed by atoms with E-state index in [1.54, 1.807) is 0 Å². The highest BCUT2D eigenvalue weighted by Crippen LogP contribution is 1.82. The predicted octanol–water partition coefficient (Wildman–Crippen LogP) is -2.16. The summed E-state index contributed by atoms with van der Waals surface area (Å²) in [6.07, 6.45) is 1.02. The largest absolute Gasteiger partial charge is 0.481 e. The number of aliphatic hydroxyl groups excluding tert-OH is 2. The minimum atomic E-state index is -0.711. The number of carbonyl (C=O) groups is 1. The van der Waals surface area contributed by atoms with Gasteiger partial charge in [0.1, 0.15) is 0 Å². The molecule has 0 aliphatic rings. The van der Waals surface area contributed by atoms with Crippen molar-refractivity contribution in [1.82, 2.24) is 0 Å². The topological polar surface area (TPSA) is 161 Å². The summed E-state index contributed by atoms with van der Waals surface area (Å²) < 4.78 is 0. The first kappa shape index (κ1) is 22.8. The number of hydrogen-bond donors (Lipinski definition) is 5. The molecule has 7 heteroatoms. The van der Waals surface area contributed by atoms with Crippen molar-refractivity contribution in [1.29, 1.82) is 0 Å². The summed E-state index contributed by atoms with van der Waals surface area (Å²) in [5, 5.41) is 22.6. The van der Waals surface area contributed by atoms with Gasteiger partial charge in [0.05, 0.1) is 13.5 Å². The Morgan fingerprint density at radius 2 is 1.46 bits per heavy atom. The molecule has 0 rings (SSSR count). The second-order valence-electron chi connectivity index (χ2n) is 1.51. The Kier molecular flexibility index (Phi) is 53.0. The lowest BCUT2D eigenvalue weighted by Gasteiger charge is -1.79. The van der Waals surface area contributed by atoms with Crippen LogP contribution in [0.15, 0.2) is 0 Å². The summed E-state index contributed by atoms with van der Waals surface area (Å²) in [7, 11) is 0. The average Bonchev–Trinajstić information content (AvgIpc) is 1.89. The molecule has 9 N–H and O–H groups in total. The summed E-state index contributed by atoms with van der Waals surface area (Å²) in [5.74, 6) is -0.711. The lowest BCUT2D eigenvalue weighted by molar-refractivity contribution is -0.137. The van der Waals surface area contributed by atoms with Crippen molar-refractivity contribution in [2.24, 2.45) is 11.5 Å². The Hall–Kier alpha value is -0.730. The zero-order valence-corrected chi connectivity index (χ0v) is 7.73. The molecule has 0 saturated heterocycles. The van der Waals surface area contributed by atoms with Crippen LogP contribution in [-0.4, -0.2) is 40.2 Å². The lowest BCUT2D eigenvalue weighted by Crippen LogP contribution is -1.92. The maximum atomic E-state index is 9.60. The van der Waals surface area contributed by atoms with E-state index in [2.05, 4.69) is 11.5 Å². The van der Waals surface area contributed by atoms with Crippen LogP contribution in [0.25, 0.3) is 0 Å². The highest BCUT2D eigenvalue weighted by Gasteiger charge is 1.87. The van der Waals surface area contributed by atoms with Gasteiger partial charge in [-0.15, -0.1) is 0 Å². The number of rotatable bonds is 2. The van der Waals surface area contributed by atoms with Crippen LogP contribution in [0.4, 0.5) is 0 Å². The van der Waals surface area contributed by atoms with Crippen LogP contribution >= 0.6 is 0 Å². The summed E-state index contributed by atoms with van der Waals surface area (Å²) in [6, 6.07) is 0. The normalized spacial score (nSPS) is 6.54. The SMILES string of the molecule is CCCC(=O)O.NCO.NCO.O. The minimum absolute atomic E-state index is 0. The van der Waals surface area contributed by atoms with Gasteiger partial charge in [0.15, 0.2) is 0 Å². The van der Waals surface area contributed by atoms with Gasteiger partial charge in [0.2, 0.25) is 0 Å². The molecular formula is C6H20N2O5. The summed E-state index contributed by atoms with van der Waals surface area (Å²) in [6.45, 7) is 1.34. The molecule has 0 saturated carbocycles. The zero-order chi connectivity index (χ0) is 10.4. The Bertz CT molecular complexity index is 79.4. The van der Waals surface area contributed by atoms with Crippen molar-refractivity contribution in [3.05, 3.63) is 0 Å². The van der Waals surface area contributed by atoms with E-state index in [9.17, 15) is 4.79 Å². The van der Waals surface area contributed by atoms with Crippen LogP contribution in [0.3, 0.4) is 0 Å². The summed E-state index contributed by atoms with van der Waals surface area (Å²) in [5.41, 5.74) is 8.81. The van der Waals surface area contributed by atoms with Gasteiger partial charge in [-0.1, -0.05) is 6.92 Å². The Labute approximate surface area is 77.3 Å². The van der Waals surface area contributed by atoms with E-state index >= 15 is 0 Å². The Balaban J connectivity index is -0.0000000501. The van der Waals surface area contributed by atoms with E-state index in [1.165, 1.54) is 0 Å². The maximum absolute atomic E-state index is 9.60. The van der Waals surface area contributed by atoms with Crippen molar-refractivity contribution >= 4 is 5.97 Å². The fourth-order valence-electron chi connectivity index (χ4n) is 0.214. The lowest BCUT2D eigenvalue weighted by atomic mass is 10.4. The van der Waals surface area contributed by atoms with Gasteiger partial charge >= 0.3 is 5.97 Å². The minimum Gasteiger partial charge on any atom is -0.481 e. The molecule has 0 aliphatic carbocycles. The first-order valence-corrected chi connectivity index (χ1v) is 3.44. The number of aliphatic carboxylic acids is 1. The quantitative estimate of drug-likeness (QED) is 0.319. The van der Waals surface area contributed by atoms with Crippen molar-refractivity contribution in [2.75, 3.05) is 13.5 Å². The molecule has 0 unspecified atom stereocenters. The van der Waals surface area contributed by atoms with E-state index in [0.717, 1.165) is 6.42 Å². The van der Waals surface area contributed by atoms with Gasteiger partial charge in [-0.05, 0) is 6.42 Å². The molecule has 0 aromatic heterocycles. The number of carboxylic acids is 1. The fourth-order valence-corrected chi connectivity index (χ4v) is 0.214. The van der Waals surface area contributed by atoms with Crippen LogP contribution in [0, 0.1) is 0 Å².